The van der Waals surface area contributed by atoms with Gasteiger partial charge in [0.2, 0.25) is 0 Å². The molecule has 0 atom stereocenters. The van der Waals surface area contributed by atoms with Gasteiger partial charge in [0.1, 0.15) is 0 Å². The predicted octanol–water partition coefficient (Wildman–Crippen LogP) is 3.04. The van der Waals surface area contributed by atoms with Gasteiger partial charge in [0.05, 0.1) is 19.9 Å². The number of nitrogens with one attached hydrogen (secondary N) is 1. The standard InChI is InChI=1S/C15H17ClN2O2/c1-19-14-6-7-18-13(15(14)20-2)10-17-9-11-4-3-5-12(16)8-11/h3-8,17H,9-10H2,1-2H3. The topological polar surface area (TPSA) is 43.4 Å². The van der Waals surface area contributed by atoms with Crippen molar-refractivity contribution in [2.45, 2.75) is 13.1 Å². The largest absolute Gasteiger partial charge is 0.493 e. The summed E-state index contributed by atoms with van der Waals surface area (Å²) in [6.07, 6.45) is 1.71. The van der Waals surface area contributed by atoms with Crippen LogP contribution in [-0.2, 0) is 13.1 Å². The third-order valence-corrected chi connectivity index (χ3v) is 3.11. The van der Waals surface area contributed by atoms with E-state index in [-0.39, 0.29) is 0 Å². The van der Waals surface area contributed by atoms with Crippen molar-refractivity contribution in [3.05, 3.63) is 52.8 Å². The SMILES string of the molecule is COc1ccnc(CNCc2cccc(Cl)c2)c1OC. The second-order valence-electron chi connectivity index (χ2n) is 4.23. The van der Waals surface area contributed by atoms with Crippen molar-refractivity contribution in [2.75, 3.05) is 14.2 Å². The molecule has 1 aromatic heterocycles. The Balaban J connectivity index is 2.01. The van der Waals surface area contributed by atoms with E-state index in [1.54, 1.807) is 26.5 Å². The number of aromatic nitrogens is 1. The molecule has 1 N–H and O–H groups in total. The summed E-state index contributed by atoms with van der Waals surface area (Å²) in [5, 5.41) is 4.05. The highest BCUT2D eigenvalue weighted by molar-refractivity contribution is 6.30. The van der Waals surface area contributed by atoms with Crippen molar-refractivity contribution in [3.8, 4) is 11.5 Å². The van der Waals surface area contributed by atoms with Gasteiger partial charge in [-0.25, -0.2) is 0 Å². The molecule has 0 saturated carbocycles. The lowest BCUT2D eigenvalue weighted by Gasteiger charge is -2.12. The highest BCUT2D eigenvalue weighted by Crippen LogP contribution is 2.28. The van der Waals surface area contributed by atoms with Crippen molar-refractivity contribution in [1.82, 2.24) is 10.3 Å². The molecule has 0 spiro atoms. The minimum Gasteiger partial charge on any atom is -0.493 e. The van der Waals surface area contributed by atoms with Gasteiger partial charge >= 0.3 is 0 Å². The van der Waals surface area contributed by atoms with Crippen LogP contribution < -0.4 is 14.8 Å². The van der Waals surface area contributed by atoms with Gasteiger partial charge in [0.25, 0.3) is 0 Å². The summed E-state index contributed by atoms with van der Waals surface area (Å²) in [4.78, 5) is 4.31. The van der Waals surface area contributed by atoms with Crippen LogP contribution in [0.2, 0.25) is 5.02 Å². The van der Waals surface area contributed by atoms with Crippen LogP contribution in [0.4, 0.5) is 0 Å². The number of halogens is 1. The zero-order valence-electron chi connectivity index (χ0n) is 11.5. The van der Waals surface area contributed by atoms with Crippen LogP contribution >= 0.6 is 11.6 Å². The molecule has 4 nitrogen and oxygen atoms in total. The molecule has 1 aromatic carbocycles. The summed E-state index contributed by atoms with van der Waals surface area (Å²) in [5.74, 6) is 1.34. The van der Waals surface area contributed by atoms with Crippen LogP contribution in [0.25, 0.3) is 0 Å². The number of hydrogen-bond acceptors (Lipinski definition) is 4. The number of hydrogen-bond donors (Lipinski definition) is 1. The normalized spacial score (nSPS) is 10.3. The van der Waals surface area contributed by atoms with Crippen LogP contribution in [-0.4, -0.2) is 19.2 Å². The zero-order valence-corrected chi connectivity index (χ0v) is 12.3. The van der Waals surface area contributed by atoms with Crippen molar-refractivity contribution in [1.29, 1.82) is 0 Å². The van der Waals surface area contributed by atoms with Crippen molar-refractivity contribution in [2.24, 2.45) is 0 Å². The van der Waals surface area contributed by atoms with Gasteiger partial charge in [-0.1, -0.05) is 23.7 Å². The molecule has 2 aromatic rings. The smallest absolute Gasteiger partial charge is 0.183 e. The highest BCUT2D eigenvalue weighted by atomic mass is 35.5. The zero-order chi connectivity index (χ0) is 14.4. The maximum absolute atomic E-state index is 5.95. The summed E-state index contributed by atoms with van der Waals surface area (Å²) in [6, 6.07) is 9.53. The van der Waals surface area contributed by atoms with Gasteiger partial charge in [0, 0.05) is 30.4 Å². The minimum atomic E-state index is 0.590. The van der Waals surface area contributed by atoms with Gasteiger partial charge in [-0.3, -0.25) is 4.98 Å². The van der Waals surface area contributed by atoms with E-state index in [9.17, 15) is 0 Å². The van der Waals surface area contributed by atoms with E-state index < -0.39 is 0 Å². The van der Waals surface area contributed by atoms with E-state index in [1.165, 1.54) is 0 Å². The molecule has 0 fully saturated rings. The molecule has 2 rings (SSSR count). The average molecular weight is 293 g/mol. The molecule has 0 aliphatic heterocycles. The van der Waals surface area contributed by atoms with E-state index >= 15 is 0 Å². The van der Waals surface area contributed by atoms with Gasteiger partial charge in [-0.15, -0.1) is 0 Å². The van der Waals surface area contributed by atoms with Gasteiger partial charge in [-0.05, 0) is 17.7 Å². The molecule has 0 aliphatic carbocycles. The van der Waals surface area contributed by atoms with E-state index in [4.69, 9.17) is 21.1 Å². The first-order valence-corrected chi connectivity index (χ1v) is 6.63. The first kappa shape index (κ1) is 14.6. The number of pyridine rings is 1. The maximum atomic E-state index is 5.95. The van der Waals surface area contributed by atoms with Crippen LogP contribution in [0.3, 0.4) is 0 Å². The van der Waals surface area contributed by atoms with E-state index in [0.717, 1.165) is 16.3 Å². The Labute approximate surface area is 123 Å². The minimum absolute atomic E-state index is 0.590. The second kappa shape index (κ2) is 7.12. The monoisotopic (exact) mass is 292 g/mol. The molecule has 0 radical (unpaired) electrons. The fraction of sp³-hybridized carbons (Fsp3) is 0.267. The van der Waals surface area contributed by atoms with Crippen molar-refractivity contribution in [3.63, 3.8) is 0 Å². The Morgan fingerprint density at radius 3 is 2.70 bits per heavy atom. The molecule has 20 heavy (non-hydrogen) atoms. The lowest BCUT2D eigenvalue weighted by molar-refractivity contribution is 0.348. The van der Waals surface area contributed by atoms with Crippen LogP contribution in [0.1, 0.15) is 11.3 Å². The van der Waals surface area contributed by atoms with E-state index in [1.807, 2.05) is 24.3 Å². The number of ether oxygens (including phenoxy) is 2. The molecular formula is C15H17ClN2O2. The molecule has 0 unspecified atom stereocenters. The summed E-state index contributed by atoms with van der Waals surface area (Å²) >= 11 is 5.95. The summed E-state index contributed by atoms with van der Waals surface area (Å²) < 4.78 is 10.6. The third kappa shape index (κ3) is 3.62. The summed E-state index contributed by atoms with van der Waals surface area (Å²) in [7, 11) is 3.22. The molecule has 106 valence electrons. The molecule has 0 saturated heterocycles. The Hall–Kier alpha value is -1.78. The second-order valence-corrected chi connectivity index (χ2v) is 4.66. The number of methoxy groups -OCH3 is 2. The Morgan fingerprint density at radius 1 is 1.15 bits per heavy atom. The quantitative estimate of drug-likeness (QED) is 0.889. The third-order valence-electron chi connectivity index (χ3n) is 2.88. The number of rotatable bonds is 6. The van der Waals surface area contributed by atoms with Gasteiger partial charge < -0.3 is 14.8 Å². The average Bonchev–Trinajstić information content (AvgIpc) is 2.47. The predicted molar refractivity (Wildman–Crippen MR) is 79.3 cm³/mol. The maximum Gasteiger partial charge on any atom is 0.183 e. The Morgan fingerprint density at radius 2 is 2.00 bits per heavy atom. The van der Waals surface area contributed by atoms with Gasteiger partial charge in [0.15, 0.2) is 11.5 Å². The fourth-order valence-electron chi connectivity index (χ4n) is 1.95. The van der Waals surface area contributed by atoms with Crippen LogP contribution in [0.5, 0.6) is 11.5 Å². The van der Waals surface area contributed by atoms with Gasteiger partial charge in [-0.2, -0.15) is 0 Å². The lowest BCUT2D eigenvalue weighted by Crippen LogP contribution is -2.14. The summed E-state index contributed by atoms with van der Waals surface area (Å²) in [5.41, 5.74) is 1.94. The molecule has 0 aliphatic rings. The van der Waals surface area contributed by atoms with Crippen LogP contribution in [0.15, 0.2) is 36.5 Å². The Kier molecular flexibility index (Phi) is 5.21. The molecule has 1 heterocycles. The number of benzene rings is 1. The fourth-order valence-corrected chi connectivity index (χ4v) is 2.16. The van der Waals surface area contributed by atoms with Crippen molar-refractivity contribution < 1.29 is 9.47 Å². The first-order chi connectivity index (χ1) is 9.74. The highest BCUT2D eigenvalue weighted by Gasteiger charge is 2.10. The van der Waals surface area contributed by atoms with E-state index in [2.05, 4.69) is 10.3 Å². The molecule has 0 amide bonds. The number of nitrogens with zero attached hydrogens (tertiary/aromatic N) is 1. The molecule has 0 bridgehead atoms. The van der Waals surface area contributed by atoms with Crippen molar-refractivity contribution >= 4 is 11.6 Å². The first-order valence-electron chi connectivity index (χ1n) is 6.25. The summed E-state index contributed by atoms with van der Waals surface area (Å²) in [6.45, 7) is 1.30. The molecule has 5 heteroatoms. The van der Waals surface area contributed by atoms with E-state index in [0.29, 0.717) is 24.6 Å². The molecular weight excluding hydrogens is 276 g/mol. The van der Waals surface area contributed by atoms with Crippen LogP contribution in [0, 0.1) is 0 Å². The lowest BCUT2D eigenvalue weighted by atomic mass is 10.2. The Bertz CT molecular complexity index is 576.